The van der Waals surface area contributed by atoms with Crippen LogP contribution in [0.15, 0.2) is 24.1 Å². The molecule has 0 spiro atoms. The molecule has 1 aromatic rings. The molecule has 0 unspecified atom stereocenters. The molecular weight excluding hydrogens is 311 g/mol. The predicted molar refractivity (Wildman–Crippen MR) is 69.0 cm³/mol. The summed E-state index contributed by atoms with van der Waals surface area (Å²) in [5.74, 6) is -1.50. The topological polar surface area (TPSA) is 56.3 Å². The number of ketones is 2. The zero-order valence-corrected chi connectivity index (χ0v) is 11.9. The lowest BCUT2D eigenvalue weighted by Gasteiger charge is -2.09. The molecule has 0 aromatic carbocycles. The van der Waals surface area contributed by atoms with Crippen molar-refractivity contribution in [2.75, 3.05) is 6.61 Å². The van der Waals surface area contributed by atoms with Gasteiger partial charge in [-0.15, -0.1) is 0 Å². The van der Waals surface area contributed by atoms with Gasteiger partial charge in [0.2, 0.25) is 5.78 Å². The number of hydrogen-bond acceptors (Lipinski definition) is 4. The summed E-state index contributed by atoms with van der Waals surface area (Å²) in [5, 5.41) is -0.488. The Bertz CT molecular complexity index is 597. The van der Waals surface area contributed by atoms with Crippen LogP contribution >= 0.6 is 11.6 Å². The van der Waals surface area contributed by atoms with Crippen molar-refractivity contribution in [2.45, 2.75) is 20.0 Å². The van der Waals surface area contributed by atoms with E-state index >= 15 is 0 Å². The summed E-state index contributed by atoms with van der Waals surface area (Å²) < 4.78 is 42.3. The van der Waals surface area contributed by atoms with Crippen LogP contribution in [0.3, 0.4) is 0 Å². The van der Waals surface area contributed by atoms with E-state index in [0.29, 0.717) is 12.3 Å². The van der Waals surface area contributed by atoms with Gasteiger partial charge in [-0.2, -0.15) is 13.2 Å². The molecule has 1 heterocycles. The van der Waals surface area contributed by atoms with Crippen molar-refractivity contribution < 1.29 is 27.5 Å². The summed E-state index contributed by atoms with van der Waals surface area (Å²) in [7, 11) is 0. The molecule has 1 aromatic heterocycles. The van der Waals surface area contributed by atoms with Crippen LogP contribution < -0.4 is 0 Å². The molecule has 0 aliphatic heterocycles. The first-order valence-electron chi connectivity index (χ1n) is 5.78. The Morgan fingerprint density at radius 3 is 2.48 bits per heavy atom. The Labute approximate surface area is 123 Å². The summed E-state index contributed by atoms with van der Waals surface area (Å²) >= 11 is 5.65. The van der Waals surface area contributed by atoms with E-state index in [1.165, 1.54) is 0 Å². The molecule has 0 saturated carbocycles. The molecule has 0 radical (unpaired) electrons. The Hall–Kier alpha value is -1.89. The molecule has 21 heavy (non-hydrogen) atoms. The lowest BCUT2D eigenvalue weighted by Crippen LogP contribution is -2.15. The van der Waals surface area contributed by atoms with Gasteiger partial charge in [0.05, 0.1) is 23.5 Å². The SMILES string of the molecule is CCO/C=C(/C(C)=O)C(=O)c1ncc(C(F)(F)F)cc1Cl. The van der Waals surface area contributed by atoms with E-state index in [1.807, 2.05) is 0 Å². The van der Waals surface area contributed by atoms with E-state index in [2.05, 4.69) is 4.98 Å². The summed E-state index contributed by atoms with van der Waals surface area (Å²) in [4.78, 5) is 26.9. The number of rotatable bonds is 5. The lowest BCUT2D eigenvalue weighted by molar-refractivity contribution is -0.137. The number of ether oxygens (including phenoxy) is 1. The van der Waals surface area contributed by atoms with E-state index in [9.17, 15) is 22.8 Å². The third-order valence-corrected chi connectivity index (χ3v) is 2.66. The van der Waals surface area contributed by atoms with E-state index in [1.54, 1.807) is 6.92 Å². The van der Waals surface area contributed by atoms with Crippen LogP contribution in [0, 0.1) is 0 Å². The van der Waals surface area contributed by atoms with Gasteiger partial charge >= 0.3 is 6.18 Å². The maximum Gasteiger partial charge on any atom is 0.417 e. The fraction of sp³-hybridized carbons (Fsp3) is 0.308. The van der Waals surface area contributed by atoms with E-state index in [-0.39, 0.29) is 12.2 Å². The average molecular weight is 322 g/mol. The fourth-order valence-electron chi connectivity index (χ4n) is 1.35. The van der Waals surface area contributed by atoms with Crippen molar-refractivity contribution in [3.8, 4) is 0 Å². The van der Waals surface area contributed by atoms with Crippen molar-refractivity contribution in [3.05, 3.63) is 40.4 Å². The molecule has 0 atom stereocenters. The van der Waals surface area contributed by atoms with Gasteiger partial charge in [0.1, 0.15) is 11.3 Å². The van der Waals surface area contributed by atoms with Gasteiger partial charge in [-0.3, -0.25) is 14.6 Å². The third-order valence-electron chi connectivity index (χ3n) is 2.38. The minimum absolute atomic E-state index is 0.220. The second kappa shape index (κ2) is 6.71. The summed E-state index contributed by atoms with van der Waals surface area (Å²) in [5.41, 5.74) is -1.86. The summed E-state index contributed by atoms with van der Waals surface area (Å²) in [6.07, 6.45) is -3.19. The normalized spacial score (nSPS) is 12.2. The summed E-state index contributed by atoms with van der Waals surface area (Å²) in [6, 6.07) is 0.584. The lowest BCUT2D eigenvalue weighted by atomic mass is 10.1. The largest absolute Gasteiger partial charge is 0.501 e. The molecule has 114 valence electrons. The van der Waals surface area contributed by atoms with Crippen LogP contribution in [0.1, 0.15) is 29.9 Å². The van der Waals surface area contributed by atoms with Crippen molar-refractivity contribution in [2.24, 2.45) is 0 Å². The first-order valence-corrected chi connectivity index (χ1v) is 6.16. The van der Waals surface area contributed by atoms with Gasteiger partial charge in [0, 0.05) is 6.20 Å². The highest BCUT2D eigenvalue weighted by molar-refractivity contribution is 6.36. The first-order chi connectivity index (χ1) is 9.68. The number of alkyl halides is 3. The molecule has 4 nitrogen and oxygen atoms in total. The molecule has 0 amide bonds. The molecular formula is C13H11ClF3NO3. The Balaban J connectivity index is 3.21. The zero-order chi connectivity index (χ0) is 16.2. The van der Waals surface area contributed by atoms with Crippen molar-refractivity contribution in [3.63, 3.8) is 0 Å². The number of carbonyl (C=O) groups excluding carboxylic acids is 2. The van der Waals surface area contributed by atoms with Crippen LogP contribution in [0.25, 0.3) is 0 Å². The van der Waals surface area contributed by atoms with Crippen molar-refractivity contribution in [1.29, 1.82) is 0 Å². The molecule has 0 aliphatic carbocycles. The van der Waals surface area contributed by atoms with Gasteiger partial charge in [0.15, 0.2) is 5.78 Å². The monoisotopic (exact) mass is 321 g/mol. The van der Waals surface area contributed by atoms with Crippen LogP contribution in [-0.4, -0.2) is 23.2 Å². The van der Waals surface area contributed by atoms with E-state index in [4.69, 9.17) is 16.3 Å². The second-order valence-corrected chi connectivity index (χ2v) is 4.33. The van der Waals surface area contributed by atoms with Gasteiger partial charge in [-0.1, -0.05) is 11.6 Å². The minimum Gasteiger partial charge on any atom is -0.501 e. The van der Waals surface area contributed by atoms with Crippen LogP contribution in [-0.2, 0) is 15.7 Å². The van der Waals surface area contributed by atoms with Gasteiger partial charge in [0.25, 0.3) is 0 Å². The molecule has 1 rings (SSSR count). The maximum atomic E-state index is 12.5. The number of halogens is 4. The molecule has 8 heteroatoms. The Morgan fingerprint density at radius 1 is 1.43 bits per heavy atom. The van der Waals surface area contributed by atoms with Gasteiger partial charge < -0.3 is 4.74 Å². The van der Waals surface area contributed by atoms with Gasteiger partial charge in [-0.25, -0.2) is 0 Å². The highest BCUT2D eigenvalue weighted by atomic mass is 35.5. The van der Waals surface area contributed by atoms with E-state index < -0.39 is 34.0 Å². The first kappa shape index (κ1) is 17.2. The van der Waals surface area contributed by atoms with Crippen molar-refractivity contribution in [1.82, 2.24) is 4.98 Å². The molecule has 0 fully saturated rings. The fourth-order valence-corrected chi connectivity index (χ4v) is 1.60. The molecule has 0 aliphatic rings. The Morgan fingerprint density at radius 2 is 2.05 bits per heavy atom. The Kier molecular flexibility index (Phi) is 5.48. The highest BCUT2D eigenvalue weighted by Crippen LogP contribution is 2.31. The van der Waals surface area contributed by atoms with Crippen molar-refractivity contribution >= 4 is 23.2 Å². The highest BCUT2D eigenvalue weighted by Gasteiger charge is 2.32. The zero-order valence-electron chi connectivity index (χ0n) is 11.1. The number of nitrogens with zero attached hydrogens (tertiary/aromatic N) is 1. The average Bonchev–Trinajstić information content (AvgIpc) is 2.37. The van der Waals surface area contributed by atoms with Crippen LogP contribution in [0.5, 0.6) is 0 Å². The standard InChI is InChI=1S/C13H11ClF3NO3/c1-3-21-6-9(7(2)19)12(20)11-10(14)4-8(5-18-11)13(15,16)17/h4-6H,3H2,1-2H3/b9-6-. The van der Waals surface area contributed by atoms with E-state index in [0.717, 1.165) is 13.2 Å². The second-order valence-electron chi connectivity index (χ2n) is 3.92. The molecule has 0 saturated heterocycles. The third kappa shape index (κ3) is 4.29. The number of allylic oxidation sites excluding steroid dienone is 1. The number of carbonyl (C=O) groups is 2. The predicted octanol–water partition coefficient (Wildman–Crippen LogP) is 3.45. The maximum absolute atomic E-state index is 12.5. The smallest absolute Gasteiger partial charge is 0.417 e. The number of pyridine rings is 1. The van der Waals surface area contributed by atoms with Crippen LogP contribution in [0.2, 0.25) is 5.02 Å². The number of aromatic nitrogens is 1. The minimum atomic E-state index is -4.62. The van der Waals surface area contributed by atoms with Gasteiger partial charge in [-0.05, 0) is 19.9 Å². The number of hydrogen-bond donors (Lipinski definition) is 0. The molecule has 0 N–H and O–H groups in total. The number of Topliss-reactive ketones (excluding diaryl/α,β-unsaturated/α-hetero) is 2. The summed E-state index contributed by atoms with van der Waals surface area (Å²) in [6.45, 7) is 2.99. The quantitative estimate of drug-likeness (QED) is 0.274. The van der Waals surface area contributed by atoms with Crippen LogP contribution in [0.4, 0.5) is 13.2 Å². The molecule has 0 bridgehead atoms.